The molecular weight excluding hydrogens is 556 g/mol. The van der Waals surface area contributed by atoms with E-state index in [9.17, 15) is 23.1 Å². The molecule has 2 amide bonds. The Bertz CT molecular complexity index is 1290. The lowest BCUT2D eigenvalue weighted by Gasteiger charge is -2.35. The van der Waals surface area contributed by atoms with Crippen molar-refractivity contribution in [3.05, 3.63) is 59.1 Å². The van der Waals surface area contributed by atoms with Crippen LogP contribution in [0.25, 0.3) is 0 Å². The Morgan fingerprint density at radius 3 is 2.33 bits per heavy atom. The number of methoxy groups -OCH3 is 1. The van der Waals surface area contributed by atoms with Crippen LogP contribution in [0.1, 0.15) is 52.0 Å². The first-order valence-electron chi connectivity index (χ1n) is 13.3. The largest absolute Gasteiger partial charge is 0.453 e. The summed E-state index contributed by atoms with van der Waals surface area (Å²) >= 11 is 6.26. The summed E-state index contributed by atoms with van der Waals surface area (Å²) < 4.78 is 33.3. The molecule has 4 atom stereocenters. The quantitative estimate of drug-likeness (QED) is 0.259. The molecular formula is C28H39ClN4O6S. The number of nitrogen functional groups attached to an aromatic ring is 1. The fourth-order valence-electron chi connectivity index (χ4n) is 5.10. The Morgan fingerprint density at radius 1 is 1.15 bits per heavy atom. The molecule has 0 heterocycles. The predicted octanol–water partition coefficient (Wildman–Crippen LogP) is 3.47. The third kappa shape index (κ3) is 7.45. The highest BCUT2D eigenvalue weighted by atomic mass is 35.5. The molecule has 0 radical (unpaired) electrons. The van der Waals surface area contributed by atoms with E-state index in [1.807, 2.05) is 6.92 Å². The standard InChI is InChI=1S/C28H39ClN4O6S/c1-18(2)33(40(37,38)22-13-11-21(30)12-14-22)28(17-25(28)34)15-7-8-19(3)31-26(35)24(32-27(36)39-4)16-20-9-5-6-10-23(20)29/h5-6,9-14,18-19,24-25,34H,7-8,15-17,30H2,1-4H3,(H,31,35)(H,32,36)/t19-,24-,25?,28?/m0/s1. The first-order valence-corrected chi connectivity index (χ1v) is 15.1. The molecule has 1 fully saturated rings. The van der Waals surface area contributed by atoms with Gasteiger partial charge in [-0.3, -0.25) is 4.79 Å². The SMILES string of the molecule is COC(=O)N[C@@H](Cc1ccccc1Cl)C(=O)N[C@@H](C)CCCC1(N(C(C)C)S(=O)(=O)c2ccc(N)cc2)CC1O. The van der Waals surface area contributed by atoms with Gasteiger partial charge in [0, 0.05) is 29.2 Å². The lowest BCUT2D eigenvalue weighted by Crippen LogP contribution is -2.50. The molecule has 2 aromatic rings. The summed E-state index contributed by atoms with van der Waals surface area (Å²) in [6.07, 6.45) is 0.500. The molecule has 10 nitrogen and oxygen atoms in total. The third-order valence-electron chi connectivity index (χ3n) is 7.16. The molecule has 40 heavy (non-hydrogen) atoms. The van der Waals surface area contributed by atoms with Gasteiger partial charge in [-0.05, 0) is 82.3 Å². The van der Waals surface area contributed by atoms with E-state index in [-0.39, 0.29) is 23.4 Å². The second-order valence-corrected chi connectivity index (χ2v) is 12.8. The summed E-state index contributed by atoms with van der Waals surface area (Å²) in [6.45, 7) is 5.42. The van der Waals surface area contributed by atoms with Crippen LogP contribution in [-0.4, -0.2) is 66.7 Å². The summed E-state index contributed by atoms with van der Waals surface area (Å²) in [6, 6.07) is 11.5. The summed E-state index contributed by atoms with van der Waals surface area (Å²) in [5, 5.41) is 16.6. The minimum absolute atomic E-state index is 0.122. The zero-order valence-corrected chi connectivity index (χ0v) is 24.8. The van der Waals surface area contributed by atoms with Gasteiger partial charge in [0.1, 0.15) is 6.04 Å². The number of halogens is 1. The Labute approximate surface area is 241 Å². The normalized spacial score (nSPS) is 20.1. The van der Waals surface area contributed by atoms with Crippen LogP contribution < -0.4 is 16.4 Å². The number of carbonyl (C=O) groups excluding carboxylic acids is 2. The zero-order valence-electron chi connectivity index (χ0n) is 23.3. The van der Waals surface area contributed by atoms with E-state index in [0.29, 0.717) is 42.0 Å². The average molecular weight is 595 g/mol. The predicted molar refractivity (Wildman–Crippen MR) is 154 cm³/mol. The number of sulfonamides is 1. The molecule has 0 saturated heterocycles. The van der Waals surface area contributed by atoms with Crippen LogP contribution >= 0.6 is 11.6 Å². The van der Waals surface area contributed by atoms with Gasteiger partial charge in [0.2, 0.25) is 15.9 Å². The van der Waals surface area contributed by atoms with Crippen molar-refractivity contribution in [2.75, 3.05) is 12.8 Å². The van der Waals surface area contributed by atoms with Crippen molar-refractivity contribution in [3.8, 4) is 0 Å². The van der Waals surface area contributed by atoms with Crippen LogP contribution in [0.15, 0.2) is 53.4 Å². The highest BCUT2D eigenvalue weighted by Gasteiger charge is 2.61. The second kappa shape index (κ2) is 13.2. The van der Waals surface area contributed by atoms with Crippen LogP contribution in [-0.2, 0) is 26.0 Å². The van der Waals surface area contributed by atoms with E-state index < -0.39 is 39.7 Å². The van der Waals surface area contributed by atoms with Crippen molar-refractivity contribution < 1.29 is 27.9 Å². The lowest BCUT2D eigenvalue weighted by molar-refractivity contribution is -0.123. The highest BCUT2D eigenvalue weighted by Crippen LogP contribution is 2.49. The smallest absolute Gasteiger partial charge is 0.407 e. The maximum absolute atomic E-state index is 13.6. The van der Waals surface area contributed by atoms with Crippen LogP contribution in [0.2, 0.25) is 5.02 Å². The summed E-state index contributed by atoms with van der Waals surface area (Å²) in [5.41, 5.74) is 5.98. The number of hydrogen-bond acceptors (Lipinski definition) is 7. The van der Waals surface area contributed by atoms with Crippen molar-refractivity contribution in [1.29, 1.82) is 0 Å². The number of nitrogens with two attached hydrogens (primary N) is 1. The Hall–Kier alpha value is -2.86. The number of alkyl carbamates (subject to hydrolysis) is 1. The number of amides is 2. The monoisotopic (exact) mass is 594 g/mol. The van der Waals surface area contributed by atoms with Gasteiger partial charge in [-0.15, -0.1) is 0 Å². The molecule has 0 aliphatic heterocycles. The summed E-state index contributed by atoms with van der Waals surface area (Å²) in [4.78, 5) is 25.1. The van der Waals surface area contributed by atoms with Gasteiger partial charge in [0.15, 0.2) is 0 Å². The molecule has 1 saturated carbocycles. The number of carbonyl (C=O) groups is 2. The van der Waals surface area contributed by atoms with Crippen LogP contribution in [0.3, 0.4) is 0 Å². The van der Waals surface area contributed by atoms with Gasteiger partial charge in [0.05, 0.1) is 23.6 Å². The molecule has 0 aromatic heterocycles. The second-order valence-electron chi connectivity index (χ2n) is 10.6. The van der Waals surface area contributed by atoms with Gasteiger partial charge < -0.3 is 26.2 Å². The zero-order chi connectivity index (χ0) is 29.7. The number of hydrogen-bond donors (Lipinski definition) is 4. The van der Waals surface area contributed by atoms with Gasteiger partial charge in [0.25, 0.3) is 0 Å². The molecule has 12 heteroatoms. The number of aliphatic hydroxyl groups excluding tert-OH is 1. The highest BCUT2D eigenvalue weighted by molar-refractivity contribution is 7.89. The molecule has 0 bridgehead atoms. The Balaban J connectivity index is 1.65. The van der Waals surface area contributed by atoms with Gasteiger partial charge in [-0.25, -0.2) is 13.2 Å². The molecule has 220 valence electrons. The summed E-state index contributed by atoms with van der Waals surface area (Å²) in [5.74, 6) is -0.395. The molecule has 1 aliphatic carbocycles. The fourth-order valence-corrected chi connectivity index (χ4v) is 7.34. The Kier molecular flexibility index (Phi) is 10.5. The van der Waals surface area contributed by atoms with Crippen LogP contribution in [0.4, 0.5) is 10.5 Å². The number of nitrogens with one attached hydrogen (secondary N) is 2. The number of rotatable bonds is 13. The topological polar surface area (TPSA) is 151 Å². The number of benzene rings is 2. The first kappa shape index (κ1) is 31.7. The molecule has 2 unspecified atom stereocenters. The summed E-state index contributed by atoms with van der Waals surface area (Å²) in [7, 11) is -2.67. The number of anilines is 1. The van der Waals surface area contributed by atoms with E-state index in [0.717, 1.165) is 0 Å². The first-order chi connectivity index (χ1) is 18.8. The molecule has 5 N–H and O–H groups in total. The van der Waals surface area contributed by atoms with Gasteiger partial charge in [-0.2, -0.15) is 4.31 Å². The lowest BCUT2D eigenvalue weighted by atomic mass is 10.0. The molecule has 2 aromatic carbocycles. The number of ether oxygens (including phenoxy) is 1. The van der Waals surface area contributed by atoms with Crippen molar-refractivity contribution in [2.24, 2.45) is 0 Å². The van der Waals surface area contributed by atoms with E-state index >= 15 is 0 Å². The van der Waals surface area contributed by atoms with Crippen molar-refractivity contribution in [1.82, 2.24) is 14.9 Å². The molecule has 0 spiro atoms. The van der Waals surface area contributed by atoms with E-state index in [1.54, 1.807) is 50.2 Å². The van der Waals surface area contributed by atoms with Crippen LogP contribution in [0.5, 0.6) is 0 Å². The van der Waals surface area contributed by atoms with Gasteiger partial charge in [-0.1, -0.05) is 29.8 Å². The Morgan fingerprint density at radius 2 is 1.77 bits per heavy atom. The van der Waals surface area contributed by atoms with Gasteiger partial charge >= 0.3 is 6.09 Å². The third-order valence-corrected chi connectivity index (χ3v) is 9.70. The van der Waals surface area contributed by atoms with Crippen LogP contribution in [0, 0.1) is 0 Å². The maximum atomic E-state index is 13.6. The number of aliphatic hydroxyl groups is 1. The van der Waals surface area contributed by atoms with E-state index in [2.05, 4.69) is 15.4 Å². The van der Waals surface area contributed by atoms with E-state index in [4.69, 9.17) is 17.3 Å². The maximum Gasteiger partial charge on any atom is 0.407 e. The average Bonchev–Trinajstić information content (AvgIpc) is 3.52. The molecule has 1 aliphatic rings. The minimum atomic E-state index is -3.89. The number of nitrogens with zero attached hydrogens (tertiary/aromatic N) is 1. The fraction of sp³-hybridized carbons (Fsp3) is 0.500. The minimum Gasteiger partial charge on any atom is -0.453 e. The van der Waals surface area contributed by atoms with Crippen molar-refractivity contribution >= 4 is 39.3 Å². The van der Waals surface area contributed by atoms with Crippen molar-refractivity contribution in [2.45, 2.75) is 87.5 Å². The van der Waals surface area contributed by atoms with Crippen molar-refractivity contribution in [3.63, 3.8) is 0 Å². The van der Waals surface area contributed by atoms with E-state index in [1.165, 1.54) is 23.5 Å². The molecule has 3 rings (SSSR count).